The summed E-state index contributed by atoms with van der Waals surface area (Å²) in [6, 6.07) is 0. The third-order valence-corrected chi connectivity index (χ3v) is 1.95. The summed E-state index contributed by atoms with van der Waals surface area (Å²) >= 11 is 5.34. The van der Waals surface area contributed by atoms with Gasteiger partial charge in [0.25, 0.3) is 0 Å². The van der Waals surface area contributed by atoms with Crippen molar-refractivity contribution >= 4 is 19.7 Å². The Morgan fingerprint density at radius 3 is 2.30 bits per heavy atom. The first kappa shape index (κ1) is 10.0. The highest BCUT2D eigenvalue weighted by atomic mass is 35.5. The smallest absolute Gasteiger partial charge is 0.129 e. The van der Waals surface area contributed by atoms with Crippen LogP contribution in [0.25, 0.3) is 0 Å². The second kappa shape index (κ2) is 4.02. The van der Waals surface area contributed by atoms with E-state index in [4.69, 9.17) is 16.7 Å². The lowest BCUT2D eigenvalue weighted by atomic mass is 10.4. The van der Waals surface area contributed by atoms with Crippen LogP contribution in [-0.4, -0.2) is 25.2 Å². The molecule has 0 heterocycles. The fourth-order valence-electron chi connectivity index (χ4n) is 0.338. The van der Waals surface area contributed by atoms with Crippen LogP contribution in [0.5, 0.6) is 0 Å². The van der Waals surface area contributed by atoms with Gasteiger partial charge < -0.3 is 5.11 Å². The van der Waals surface area contributed by atoms with E-state index in [1.807, 2.05) is 0 Å². The maximum atomic E-state index is 8.94. The van der Waals surface area contributed by atoms with Crippen molar-refractivity contribution in [1.29, 1.82) is 0 Å². The lowest BCUT2D eigenvalue weighted by molar-refractivity contribution is 0.256. The van der Waals surface area contributed by atoms with E-state index in [0.717, 1.165) is 0 Å². The van der Waals surface area contributed by atoms with Crippen molar-refractivity contribution in [1.82, 2.24) is 0 Å². The molecule has 0 aliphatic heterocycles. The standard InChI is InChI=1S/C7H13ClOSi/c1-10(2,3)5-4-7(9)6-8/h7,9H,6H2,1-3H3. The molecule has 0 spiro atoms. The van der Waals surface area contributed by atoms with Gasteiger partial charge in [-0.15, -0.1) is 17.1 Å². The molecule has 1 atom stereocenters. The molecule has 0 aromatic rings. The first-order valence-corrected chi connectivity index (χ1v) is 7.26. The van der Waals surface area contributed by atoms with Gasteiger partial charge in [0.1, 0.15) is 14.2 Å². The van der Waals surface area contributed by atoms with E-state index in [2.05, 4.69) is 31.1 Å². The number of rotatable bonds is 1. The Morgan fingerprint density at radius 1 is 1.50 bits per heavy atom. The van der Waals surface area contributed by atoms with Crippen LogP contribution < -0.4 is 0 Å². The van der Waals surface area contributed by atoms with Gasteiger partial charge in [-0.2, -0.15) is 0 Å². The van der Waals surface area contributed by atoms with Gasteiger partial charge >= 0.3 is 0 Å². The zero-order valence-corrected chi connectivity index (χ0v) is 8.37. The van der Waals surface area contributed by atoms with E-state index in [0.29, 0.717) is 0 Å². The van der Waals surface area contributed by atoms with Gasteiger partial charge in [-0.25, -0.2) is 0 Å². The zero-order chi connectivity index (χ0) is 8.20. The van der Waals surface area contributed by atoms with Crippen molar-refractivity contribution in [3.05, 3.63) is 0 Å². The quantitative estimate of drug-likeness (QED) is 0.365. The van der Waals surface area contributed by atoms with Crippen LogP contribution in [0.2, 0.25) is 19.6 Å². The summed E-state index contributed by atoms with van der Waals surface area (Å²) in [6.45, 7) is 6.38. The van der Waals surface area contributed by atoms with Crippen molar-refractivity contribution in [2.24, 2.45) is 0 Å². The Hall–Kier alpha value is 0.0269. The number of alkyl halides is 1. The lowest BCUT2D eigenvalue weighted by Gasteiger charge is -2.04. The lowest BCUT2D eigenvalue weighted by Crippen LogP contribution is -2.18. The summed E-state index contributed by atoms with van der Waals surface area (Å²) in [4.78, 5) is 0. The molecule has 1 nitrogen and oxygen atoms in total. The Bertz CT molecular complexity index is 151. The van der Waals surface area contributed by atoms with E-state index in [9.17, 15) is 0 Å². The average molecular weight is 177 g/mol. The summed E-state index contributed by atoms with van der Waals surface area (Å²) in [5.74, 6) is 2.91. The second-order valence-electron chi connectivity index (χ2n) is 3.19. The Morgan fingerprint density at radius 2 is 2.00 bits per heavy atom. The van der Waals surface area contributed by atoms with Crippen LogP contribution >= 0.6 is 11.6 Å². The van der Waals surface area contributed by atoms with Crippen LogP contribution in [0.3, 0.4) is 0 Å². The minimum Gasteiger partial charge on any atom is -0.379 e. The van der Waals surface area contributed by atoms with Crippen LogP contribution in [0.1, 0.15) is 0 Å². The van der Waals surface area contributed by atoms with Crippen molar-refractivity contribution in [2.45, 2.75) is 25.7 Å². The molecule has 0 radical (unpaired) electrons. The first-order chi connectivity index (χ1) is 4.45. The first-order valence-electron chi connectivity index (χ1n) is 3.22. The van der Waals surface area contributed by atoms with Gasteiger partial charge in [0.2, 0.25) is 0 Å². The van der Waals surface area contributed by atoms with Gasteiger partial charge in [-0.1, -0.05) is 25.6 Å². The molecule has 0 saturated carbocycles. The minimum absolute atomic E-state index is 0.206. The van der Waals surface area contributed by atoms with Crippen LogP contribution in [0.4, 0.5) is 0 Å². The maximum absolute atomic E-state index is 8.94. The molecule has 0 aliphatic rings. The van der Waals surface area contributed by atoms with Crippen molar-refractivity contribution in [3.63, 3.8) is 0 Å². The van der Waals surface area contributed by atoms with E-state index in [-0.39, 0.29) is 5.88 Å². The monoisotopic (exact) mass is 176 g/mol. The van der Waals surface area contributed by atoms with Gasteiger partial charge in [0.15, 0.2) is 0 Å². The number of hydrogen-bond donors (Lipinski definition) is 1. The highest BCUT2D eigenvalue weighted by Crippen LogP contribution is 1.97. The van der Waals surface area contributed by atoms with Gasteiger partial charge in [-0.3, -0.25) is 0 Å². The van der Waals surface area contributed by atoms with Crippen LogP contribution in [0.15, 0.2) is 0 Å². The Kier molecular flexibility index (Phi) is 4.03. The number of aliphatic hydroxyl groups excluding tert-OH is 1. The average Bonchev–Trinajstić information content (AvgIpc) is 1.81. The van der Waals surface area contributed by atoms with E-state index < -0.39 is 14.2 Å². The van der Waals surface area contributed by atoms with Crippen molar-refractivity contribution in [2.75, 3.05) is 5.88 Å². The molecular weight excluding hydrogens is 164 g/mol. The van der Waals surface area contributed by atoms with Crippen molar-refractivity contribution in [3.8, 4) is 11.5 Å². The largest absolute Gasteiger partial charge is 0.379 e. The molecule has 0 bridgehead atoms. The van der Waals surface area contributed by atoms with E-state index in [1.54, 1.807) is 0 Å². The number of halogens is 1. The summed E-state index contributed by atoms with van der Waals surface area (Å²) in [7, 11) is -1.32. The molecule has 1 unspecified atom stereocenters. The fourth-order valence-corrected chi connectivity index (χ4v) is 1.02. The summed E-state index contributed by atoms with van der Waals surface area (Å²) in [6.07, 6.45) is -0.645. The molecule has 0 aromatic carbocycles. The molecule has 3 heteroatoms. The molecule has 0 fully saturated rings. The number of aliphatic hydroxyl groups is 1. The predicted octanol–water partition coefficient (Wildman–Crippen LogP) is 1.47. The second-order valence-corrected chi connectivity index (χ2v) is 8.25. The zero-order valence-electron chi connectivity index (χ0n) is 6.61. The van der Waals surface area contributed by atoms with Crippen LogP contribution in [0, 0.1) is 11.5 Å². The SMILES string of the molecule is C[Si](C)(C)C#CC(O)CCl. The highest BCUT2D eigenvalue weighted by Gasteiger charge is 2.08. The van der Waals surface area contributed by atoms with E-state index in [1.165, 1.54) is 0 Å². The Labute approximate surface area is 68.4 Å². The summed E-state index contributed by atoms with van der Waals surface area (Å²) in [5, 5.41) is 8.94. The Balaban J connectivity index is 3.91. The third-order valence-electron chi connectivity index (χ3n) is 0.760. The molecule has 58 valence electrons. The topological polar surface area (TPSA) is 20.2 Å². The van der Waals surface area contributed by atoms with E-state index >= 15 is 0 Å². The molecule has 0 saturated heterocycles. The number of hydrogen-bond acceptors (Lipinski definition) is 1. The molecule has 0 rings (SSSR count). The summed E-state index contributed by atoms with van der Waals surface area (Å²) < 4.78 is 0. The highest BCUT2D eigenvalue weighted by molar-refractivity contribution is 6.83. The third kappa shape index (κ3) is 6.15. The van der Waals surface area contributed by atoms with Crippen molar-refractivity contribution < 1.29 is 5.11 Å². The minimum atomic E-state index is -1.32. The normalized spacial score (nSPS) is 13.7. The maximum Gasteiger partial charge on any atom is 0.129 e. The fraction of sp³-hybridized carbons (Fsp3) is 0.714. The van der Waals surface area contributed by atoms with Gasteiger partial charge in [0, 0.05) is 0 Å². The summed E-state index contributed by atoms with van der Waals surface area (Å²) in [5.41, 5.74) is 3.03. The molecular formula is C7H13ClOSi. The molecule has 0 amide bonds. The van der Waals surface area contributed by atoms with Gasteiger partial charge in [-0.05, 0) is 0 Å². The predicted molar refractivity (Wildman–Crippen MR) is 47.8 cm³/mol. The molecule has 0 aromatic heterocycles. The van der Waals surface area contributed by atoms with Crippen LogP contribution in [-0.2, 0) is 0 Å². The van der Waals surface area contributed by atoms with Gasteiger partial charge in [0.05, 0.1) is 5.88 Å². The molecule has 1 N–H and O–H groups in total. The molecule has 10 heavy (non-hydrogen) atoms. The molecule has 0 aliphatic carbocycles.